The largest absolute Gasteiger partial charge is 0.306 e. The van der Waals surface area contributed by atoms with Crippen LogP contribution in [0.5, 0.6) is 0 Å². The molecule has 3 nitrogen and oxygen atoms in total. The Kier molecular flexibility index (Phi) is 3.08. The second-order valence-electron chi connectivity index (χ2n) is 4.30. The van der Waals surface area contributed by atoms with Crippen molar-refractivity contribution in [1.82, 2.24) is 9.97 Å². The number of aryl methyl sites for hydroxylation is 2. The van der Waals surface area contributed by atoms with Crippen LogP contribution in [0.2, 0.25) is 0 Å². The van der Waals surface area contributed by atoms with Crippen molar-refractivity contribution in [3.05, 3.63) is 49.0 Å². The van der Waals surface area contributed by atoms with E-state index in [2.05, 4.69) is 9.97 Å². The maximum absolute atomic E-state index is 12.1. The first kappa shape index (κ1) is 12.3. The average Bonchev–Trinajstić information content (AvgIpc) is 2.96. The zero-order valence-electron chi connectivity index (χ0n) is 10.6. The second-order valence-corrected chi connectivity index (χ2v) is 6.29. The zero-order valence-corrected chi connectivity index (χ0v) is 12.2. The normalized spacial score (nSPS) is 11.7. The fraction of sp³-hybridized carbons (Fsp3) is 0.143. The van der Waals surface area contributed by atoms with Gasteiger partial charge in [-0.3, -0.25) is 4.79 Å². The fourth-order valence-corrected chi connectivity index (χ4v) is 3.56. The van der Waals surface area contributed by atoms with Gasteiger partial charge in [0, 0.05) is 4.88 Å². The summed E-state index contributed by atoms with van der Waals surface area (Å²) in [6.45, 7) is 3.98. The molecule has 3 aromatic rings. The van der Waals surface area contributed by atoms with Gasteiger partial charge in [0.25, 0.3) is 5.56 Å². The van der Waals surface area contributed by atoms with Crippen molar-refractivity contribution in [2.45, 2.75) is 13.8 Å². The monoisotopic (exact) mass is 288 g/mol. The summed E-state index contributed by atoms with van der Waals surface area (Å²) in [5.74, 6) is 0.602. The molecule has 0 aliphatic rings. The SMILES string of the molecule is Cc1sc2nc(/C=C/c3ccsc3)[nH]c(=O)c2c1C. The van der Waals surface area contributed by atoms with Gasteiger partial charge in [-0.2, -0.15) is 11.3 Å². The van der Waals surface area contributed by atoms with Crippen LogP contribution in [-0.2, 0) is 0 Å². The molecule has 0 aliphatic heterocycles. The highest BCUT2D eigenvalue weighted by Crippen LogP contribution is 2.25. The smallest absolute Gasteiger partial charge is 0.260 e. The first-order chi connectivity index (χ1) is 9.15. The van der Waals surface area contributed by atoms with Gasteiger partial charge in [0.2, 0.25) is 0 Å². The summed E-state index contributed by atoms with van der Waals surface area (Å²) < 4.78 is 0. The highest BCUT2D eigenvalue weighted by molar-refractivity contribution is 7.18. The van der Waals surface area contributed by atoms with Crippen molar-refractivity contribution >= 4 is 45.0 Å². The number of nitrogens with one attached hydrogen (secondary N) is 1. The van der Waals surface area contributed by atoms with E-state index in [0.717, 1.165) is 26.2 Å². The van der Waals surface area contributed by atoms with Crippen LogP contribution in [0.1, 0.15) is 21.8 Å². The lowest BCUT2D eigenvalue weighted by atomic mass is 10.2. The van der Waals surface area contributed by atoms with Crippen molar-refractivity contribution in [1.29, 1.82) is 0 Å². The Balaban J connectivity index is 2.09. The molecule has 3 heterocycles. The molecule has 5 heteroatoms. The molecule has 0 radical (unpaired) electrons. The molecule has 0 saturated heterocycles. The Morgan fingerprint density at radius 3 is 2.89 bits per heavy atom. The molecular formula is C14H12N2OS2. The van der Waals surface area contributed by atoms with Crippen molar-refractivity contribution < 1.29 is 0 Å². The number of rotatable bonds is 2. The molecule has 0 fully saturated rings. The van der Waals surface area contributed by atoms with E-state index in [0.29, 0.717) is 5.82 Å². The molecular weight excluding hydrogens is 276 g/mol. The lowest BCUT2D eigenvalue weighted by molar-refractivity contribution is 1.15. The van der Waals surface area contributed by atoms with Crippen LogP contribution in [-0.4, -0.2) is 9.97 Å². The van der Waals surface area contributed by atoms with Crippen molar-refractivity contribution in [2.75, 3.05) is 0 Å². The van der Waals surface area contributed by atoms with Crippen molar-refractivity contribution in [2.24, 2.45) is 0 Å². The van der Waals surface area contributed by atoms with Gasteiger partial charge in [-0.1, -0.05) is 6.08 Å². The zero-order chi connectivity index (χ0) is 13.4. The van der Waals surface area contributed by atoms with Gasteiger partial charge in [-0.25, -0.2) is 4.98 Å². The minimum absolute atomic E-state index is 0.0585. The number of hydrogen-bond acceptors (Lipinski definition) is 4. The quantitative estimate of drug-likeness (QED) is 0.779. The van der Waals surface area contributed by atoms with Crippen LogP contribution >= 0.6 is 22.7 Å². The molecule has 0 unspecified atom stereocenters. The lowest BCUT2D eigenvalue weighted by Gasteiger charge is -1.94. The number of nitrogens with zero attached hydrogens (tertiary/aromatic N) is 1. The van der Waals surface area contributed by atoms with Crippen LogP contribution in [0, 0.1) is 13.8 Å². The standard InChI is InChI=1S/C14H12N2OS2/c1-8-9(2)19-14-12(8)13(17)15-11(16-14)4-3-10-5-6-18-7-10/h3-7H,1-2H3,(H,15,16,17)/b4-3+. The van der Waals surface area contributed by atoms with Gasteiger partial charge in [0.1, 0.15) is 10.7 Å². The van der Waals surface area contributed by atoms with E-state index in [1.165, 1.54) is 0 Å². The van der Waals surface area contributed by atoms with E-state index in [1.54, 1.807) is 22.7 Å². The summed E-state index contributed by atoms with van der Waals surface area (Å²) in [7, 11) is 0. The molecule has 19 heavy (non-hydrogen) atoms. The summed E-state index contributed by atoms with van der Waals surface area (Å²) in [5, 5.41) is 4.78. The van der Waals surface area contributed by atoms with Gasteiger partial charge >= 0.3 is 0 Å². The van der Waals surface area contributed by atoms with E-state index in [4.69, 9.17) is 0 Å². The van der Waals surface area contributed by atoms with Gasteiger partial charge in [-0.05, 0) is 47.9 Å². The number of aromatic nitrogens is 2. The number of aromatic amines is 1. The Hall–Kier alpha value is -1.72. The van der Waals surface area contributed by atoms with E-state index in [9.17, 15) is 4.79 Å². The predicted molar refractivity (Wildman–Crippen MR) is 83.0 cm³/mol. The third-order valence-corrected chi connectivity index (χ3v) is 4.84. The Bertz CT molecular complexity index is 810. The van der Waals surface area contributed by atoms with E-state index >= 15 is 0 Å². The molecule has 0 aliphatic carbocycles. The van der Waals surface area contributed by atoms with Gasteiger partial charge in [0.15, 0.2) is 0 Å². The van der Waals surface area contributed by atoms with Crippen LogP contribution in [0.25, 0.3) is 22.4 Å². The maximum atomic E-state index is 12.1. The molecule has 96 valence electrons. The van der Waals surface area contributed by atoms with Crippen LogP contribution in [0.4, 0.5) is 0 Å². The molecule has 0 atom stereocenters. The summed E-state index contributed by atoms with van der Waals surface area (Å²) in [6, 6.07) is 2.03. The summed E-state index contributed by atoms with van der Waals surface area (Å²) in [4.78, 5) is 21.3. The Labute approximate surface area is 118 Å². The predicted octanol–water partition coefficient (Wildman–Crippen LogP) is 3.83. The minimum atomic E-state index is -0.0585. The van der Waals surface area contributed by atoms with Crippen molar-refractivity contribution in [3.8, 4) is 0 Å². The first-order valence-corrected chi connectivity index (χ1v) is 7.61. The highest BCUT2D eigenvalue weighted by atomic mass is 32.1. The third-order valence-electron chi connectivity index (χ3n) is 3.03. The lowest BCUT2D eigenvalue weighted by Crippen LogP contribution is -2.09. The third kappa shape index (κ3) is 2.27. The molecule has 3 rings (SSSR count). The molecule has 0 spiro atoms. The molecule has 0 saturated carbocycles. The average molecular weight is 288 g/mol. The summed E-state index contributed by atoms with van der Waals surface area (Å²) in [6.07, 6.45) is 3.79. The van der Waals surface area contributed by atoms with Gasteiger partial charge in [-0.15, -0.1) is 11.3 Å². The molecule has 0 aromatic carbocycles. The minimum Gasteiger partial charge on any atom is -0.306 e. The van der Waals surface area contributed by atoms with E-state index < -0.39 is 0 Å². The molecule has 3 aromatic heterocycles. The van der Waals surface area contributed by atoms with E-state index in [-0.39, 0.29) is 5.56 Å². The topological polar surface area (TPSA) is 45.8 Å². The van der Waals surface area contributed by atoms with E-state index in [1.807, 2.05) is 42.8 Å². The van der Waals surface area contributed by atoms with Crippen LogP contribution < -0.4 is 5.56 Å². The maximum Gasteiger partial charge on any atom is 0.260 e. The van der Waals surface area contributed by atoms with Gasteiger partial charge < -0.3 is 4.98 Å². The van der Waals surface area contributed by atoms with Crippen LogP contribution in [0.15, 0.2) is 21.6 Å². The first-order valence-electron chi connectivity index (χ1n) is 5.85. The molecule has 0 amide bonds. The molecule has 0 bridgehead atoms. The highest BCUT2D eigenvalue weighted by Gasteiger charge is 2.10. The number of H-pyrrole nitrogens is 1. The number of fused-ring (bicyclic) bond motifs is 1. The summed E-state index contributed by atoms with van der Waals surface area (Å²) in [5.41, 5.74) is 2.09. The number of hydrogen-bond donors (Lipinski definition) is 1. The second kappa shape index (κ2) is 4.75. The summed E-state index contributed by atoms with van der Waals surface area (Å²) >= 11 is 3.21. The Morgan fingerprint density at radius 1 is 1.32 bits per heavy atom. The van der Waals surface area contributed by atoms with Gasteiger partial charge in [0.05, 0.1) is 5.39 Å². The number of thiophene rings is 2. The van der Waals surface area contributed by atoms with Crippen LogP contribution in [0.3, 0.4) is 0 Å². The fourth-order valence-electron chi connectivity index (χ4n) is 1.90. The molecule has 1 N–H and O–H groups in total. The van der Waals surface area contributed by atoms with Crippen molar-refractivity contribution in [3.63, 3.8) is 0 Å². The Morgan fingerprint density at radius 2 is 2.16 bits per heavy atom.